The SMILES string of the molecule is Cn1ccnc1Sc1cccnc1C#N. The van der Waals surface area contributed by atoms with Crippen LogP contribution >= 0.6 is 11.8 Å². The lowest BCUT2D eigenvalue weighted by Gasteiger charge is -2.01. The summed E-state index contributed by atoms with van der Waals surface area (Å²) in [6.07, 6.45) is 5.20. The van der Waals surface area contributed by atoms with Crippen LogP contribution in [0.3, 0.4) is 0 Å². The highest BCUT2D eigenvalue weighted by atomic mass is 32.2. The first-order chi connectivity index (χ1) is 7.31. The zero-order valence-corrected chi connectivity index (χ0v) is 8.90. The third-order valence-corrected chi connectivity index (χ3v) is 2.98. The lowest BCUT2D eigenvalue weighted by atomic mass is 10.4. The number of hydrogen-bond acceptors (Lipinski definition) is 4. The molecular formula is C10H8N4S. The van der Waals surface area contributed by atoms with Crippen LogP contribution in [-0.4, -0.2) is 14.5 Å². The number of aromatic nitrogens is 3. The van der Waals surface area contributed by atoms with Crippen LogP contribution < -0.4 is 0 Å². The van der Waals surface area contributed by atoms with Gasteiger partial charge >= 0.3 is 0 Å². The fourth-order valence-corrected chi connectivity index (χ4v) is 1.96. The minimum atomic E-state index is 0.436. The Labute approximate surface area is 91.6 Å². The van der Waals surface area contributed by atoms with Gasteiger partial charge in [-0.2, -0.15) is 5.26 Å². The van der Waals surface area contributed by atoms with Gasteiger partial charge in [0.15, 0.2) is 10.9 Å². The van der Waals surface area contributed by atoms with E-state index in [1.165, 1.54) is 11.8 Å². The zero-order chi connectivity index (χ0) is 10.7. The molecule has 0 amide bonds. The number of nitrogens with zero attached hydrogens (tertiary/aromatic N) is 4. The van der Waals surface area contributed by atoms with Gasteiger partial charge in [0, 0.05) is 25.6 Å². The van der Waals surface area contributed by atoms with Crippen molar-refractivity contribution >= 4 is 11.8 Å². The molecule has 0 N–H and O–H groups in total. The van der Waals surface area contributed by atoms with Gasteiger partial charge in [-0.1, -0.05) is 0 Å². The molecule has 2 rings (SSSR count). The molecular weight excluding hydrogens is 208 g/mol. The van der Waals surface area contributed by atoms with Gasteiger partial charge in [0.2, 0.25) is 0 Å². The van der Waals surface area contributed by atoms with E-state index in [1.54, 1.807) is 12.4 Å². The monoisotopic (exact) mass is 216 g/mol. The normalized spacial score (nSPS) is 9.87. The molecule has 0 fully saturated rings. The highest BCUT2D eigenvalue weighted by Crippen LogP contribution is 2.27. The summed E-state index contributed by atoms with van der Waals surface area (Å²) >= 11 is 1.44. The smallest absolute Gasteiger partial charge is 0.172 e. The zero-order valence-electron chi connectivity index (χ0n) is 8.08. The van der Waals surface area contributed by atoms with Gasteiger partial charge in [-0.15, -0.1) is 0 Å². The summed E-state index contributed by atoms with van der Waals surface area (Å²) in [6.45, 7) is 0. The number of imidazole rings is 1. The number of hydrogen-bond donors (Lipinski definition) is 0. The van der Waals surface area contributed by atoms with Crippen LogP contribution in [0.1, 0.15) is 5.69 Å². The van der Waals surface area contributed by atoms with Gasteiger partial charge in [0.1, 0.15) is 6.07 Å². The average Bonchev–Trinajstić information content (AvgIpc) is 2.65. The fraction of sp³-hybridized carbons (Fsp3) is 0.100. The first kappa shape index (κ1) is 9.74. The summed E-state index contributed by atoms with van der Waals surface area (Å²) in [5.74, 6) is 0. The molecule has 4 nitrogen and oxygen atoms in total. The quantitative estimate of drug-likeness (QED) is 0.768. The lowest BCUT2D eigenvalue weighted by molar-refractivity contribution is 0.790. The highest BCUT2D eigenvalue weighted by molar-refractivity contribution is 7.99. The first-order valence-corrected chi connectivity index (χ1v) is 5.13. The Bertz CT molecular complexity index is 512. The number of pyridine rings is 1. The van der Waals surface area contributed by atoms with E-state index in [-0.39, 0.29) is 0 Å². The van der Waals surface area contributed by atoms with Gasteiger partial charge in [0.05, 0.1) is 4.90 Å². The molecule has 0 aliphatic carbocycles. The Morgan fingerprint density at radius 3 is 2.93 bits per heavy atom. The molecule has 0 saturated carbocycles. The largest absolute Gasteiger partial charge is 0.329 e. The predicted molar refractivity (Wildman–Crippen MR) is 56.3 cm³/mol. The fourth-order valence-electron chi connectivity index (χ4n) is 1.11. The van der Waals surface area contributed by atoms with E-state index in [1.807, 2.05) is 29.9 Å². The molecule has 2 aromatic rings. The molecule has 15 heavy (non-hydrogen) atoms. The summed E-state index contributed by atoms with van der Waals surface area (Å²) in [7, 11) is 1.91. The number of rotatable bonds is 2. The van der Waals surface area contributed by atoms with Crippen molar-refractivity contribution in [2.24, 2.45) is 7.05 Å². The molecule has 0 aromatic carbocycles. The van der Waals surface area contributed by atoms with Crippen molar-refractivity contribution in [1.29, 1.82) is 5.26 Å². The molecule has 0 spiro atoms. The lowest BCUT2D eigenvalue weighted by Crippen LogP contribution is -1.91. The van der Waals surface area contributed by atoms with E-state index in [2.05, 4.69) is 16.0 Å². The van der Waals surface area contributed by atoms with Gasteiger partial charge in [-0.25, -0.2) is 9.97 Å². The van der Waals surface area contributed by atoms with Crippen molar-refractivity contribution in [2.75, 3.05) is 0 Å². The molecule has 0 unspecified atom stereocenters. The van der Waals surface area contributed by atoms with Gasteiger partial charge < -0.3 is 4.57 Å². The summed E-state index contributed by atoms with van der Waals surface area (Å²) in [5, 5.41) is 9.71. The minimum Gasteiger partial charge on any atom is -0.329 e. The molecule has 0 aliphatic rings. The van der Waals surface area contributed by atoms with Crippen molar-refractivity contribution < 1.29 is 0 Å². The average molecular weight is 216 g/mol. The van der Waals surface area contributed by atoms with Crippen LogP contribution in [0.4, 0.5) is 0 Å². The van der Waals surface area contributed by atoms with Crippen molar-refractivity contribution in [3.05, 3.63) is 36.4 Å². The van der Waals surface area contributed by atoms with Crippen LogP contribution in [0, 0.1) is 11.3 Å². The van der Waals surface area contributed by atoms with Crippen molar-refractivity contribution in [1.82, 2.24) is 14.5 Å². The maximum atomic E-state index is 8.86. The van der Waals surface area contributed by atoms with E-state index in [4.69, 9.17) is 5.26 Å². The summed E-state index contributed by atoms with van der Waals surface area (Å²) < 4.78 is 1.90. The van der Waals surface area contributed by atoms with Crippen molar-refractivity contribution in [2.45, 2.75) is 10.1 Å². The predicted octanol–water partition coefficient (Wildman–Crippen LogP) is 1.84. The van der Waals surface area contributed by atoms with Crippen LogP contribution in [0.2, 0.25) is 0 Å². The maximum Gasteiger partial charge on any atom is 0.172 e. The second kappa shape index (κ2) is 4.15. The van der Waals surface area contributed by atoms with E-state index in [0.717, 1.165) is 10.1 Å². The molecule has 0 saturated heterocycles. The van der Waals surface area contributed by atoms with E-state index in [9.17, 15) is 0 Å². The third-order valence-electron chi connectivity index (χ3n) is 1.85. The summed E-state index contributed by atoms with van der Waals surface area (Å²) in [4.78, 5) is 8.99. The molecule has 2 heterocycles. The Morgan fingerprint density at radius 2 is 2.27 bits per heavy atom. The molecule has 5 heteroatoms. The summed E-state index contributed by atoms with van der Waals surface area (Å²) in [6, 6.07) is 5.74. The Hall–Kier alpha value is -1.80. The van der Waals surface area contributed by atoms with E-state index >= 15 is 0 Å². The minimum absolute atomic E-state index is 0.436. The van der Waals surface area contributed by atoms with Gasteiger partial charge in [0.25, 0.3) is 0 Å². The van der Waals surface area contributed by atoms with E-state index < -0.39 is 0 Å². The standard InChI is InChI=1S/C10H8N4S/c1-14-6-5-13-10(14)15-9-3-2-4-12-8(9)7-11/h2-6H,1H3. The topological polar surface area (TPSA) is 54.5 Å². The van der Waals surface area contributed by atoms with Gasteiger partial charge in [-0.3, -0.25) is 0 Å². The van der Waals surface area contributed by atoms with E-state index in [0.29, 0.717) is 5.69 Å². The number of aryl methyl sites for hydroxylation is 1. The molecule has 74 valence electrons. The summed E-state index contributed by atoms with van der Waals surface area (Å²) in [5.41, 5.74) is 0.436. The Kier molecular flexibility index (Phi) is 2.70. The van der Waals surface area contributed by atoms with Crippen LogP contribution in [0.25, 0.3) is 0 Å². The number of nitriles is 1. The molecule has 0 atom stereocenters. The third kappa shape index (κ3) is 2.00. The van der Waals surface area contributed by atoms with Crippen LogP contribution in [-0.2, 0) is 7.05 Å². The molecule has 0 radical (unpaired) electrons. The highest BCUT2D eigenvalue weighted by Gasteiger charge is 2.07. The Balaban J connectivity index is 2.33. The van der Waals surface area contributed by atoms with Crippen molar-refractivity contribution in [3.8, 4) is 6.07 Å². The molecule has 0 aliphatic heterocycles. The molecule has 0 bridgehead atoms. The first-order valence-electron chi connectivity index (χ1n) is 4.31. The molecule has 2 aromatic heterocycles. The van der Waals surface area contributed by atoms with Crippen molar-refractivity contribution in [3.63, 3.8) is 0 Å². The maximum absolute atomic E-state index is 8.86. The van der Waals surface area contributed by atoms with Crippen LogP contribution in [0.15, 0.2) is 40.8 Å². The Morgan fingerprint density at radius 1 is 1.40 bits per heavy atom. The van der Waals surface area contributed by atoms with Crippen LogP contribution in [0.5, 0.6) is 0 Å². The second-order valence-electron chi connectivity index (χ2n) is 2.88. The van der Waals surface area contributed by atoms with Gasteiger partial charge in [-0.05, 0) is 23.9 Å². The second-order valence-corrected chi connectivity index (χ2v) is 3.89.